The highest BCUT2D eigenvalue weighted by atomic mass is 19.2. The van der Waals surface area contributed by atoms with E-state index in [1.807, 2.05) is 12.3 Å². The molecule has 1 saturated heterocycles. The van der Waals surface area contributed by atoms with Crippen LogP contribution in [0.15, 0.2) is 36.5 Å². The van der Waals surface area contributed by atoms with E-state index >= 15 is 4.39 Å². The first-order chi connectivity index (χ1) is 20.3. The van der Waals surface area contributed by atoms with Crippen molar-refractivity contribution in [1.82, 2.24) is 14.8 Å². The maximum absolute atomic E-state index is 15.6. The van der Waals surface area contributed by atoms with Gasteiger partial charge in [-0.3, -0.25) is 4.79 Å². The van der Waals surface area contributed by atoms with Crippen molar-refractivity contribution in [3.8, 4) is 0 Å². The van der Waals surface area contributed by atoms with Crippen molar-refractivity contribution in [1.29, 1.82) is 0 Å². The van der Waals surface area contributed by atoms with Gasteiger partial charge in [-0.25, -0.2) is 13.2 Å². The molecule has 1 aliphatic carbocycles. The fraction of sp³-hybridized carbons (Fsp3) is 0.531. The quantitative estimate of drug-likeness (QED) is 0.285. The average molecular weight is 588 g/mol. The first-order valence-corrected chi connectivity index (χ1v) is 14.7. The number of benzene rings is 2. The van der Waals surface area contributed by atoms with Gasteiger partial charge < -0.3 is 29.4 Å². The number of nitrogens with one attached hydrogen (secondary N) is 1. The molecule has 1 aliphatic heterocycles. The van der Waals surface area contributed by atoms with Gasteiger partial charge in [0.2, 0.25) is 5.91 Å². The summed E-state index contributed by atoms with van der Waals surface area (Å²) in [6.45, 7) is 2.58. The topological polar surface area (TPSA) is 76.0 Å². The maximum Gasteiger partial charge on any atom is 0.230 e. The van der Waals surface area contributed by atoms with Crippen LogP contribution in [0.4, 0.5) is 13.2 Å². The molecule has 0 bridgehead atoms. The Kier molecular flexibility index (Phi) is 9.57. The van der Waals surface area contributed by atoms with Crippen LogP contribution in [0.2, 0.25) is 0 Å². The van der Waals surface area contributed by atoms with Crippen LogP contribution in [-0.2, 0) is 39.4 Å². The van der Waals surface area contributed by atoms with Crippen molar-refractivity contribution in [2.24, 2.45) is 5.92 Å². The van der Waals surface area contributed by atoms with Gasteiger partial charge in [0.25, 0.3) is 0 Å². The molecule has 1 amide bonds. The summed E-state index contributed by atoms with van der Waals surface area (Å²) in [5.41, 5.74) is 1.05. The molecule has 2 fully saturated rings. The number of hydrogen-bond donors (Lipinski definition) is 2. The number of carbonyl (C=O) groups excluding carboxylic acids is 1. The molecule has 3 aromatic rings. The molecule has 5 rings (SSSR count). The van der Waals surface area contributed by atoms with Crippen molar-refractivity contribution in [3.63, 3.8) is 0 Å². The van der Waals surface area contributed by atoms with Gasteiger partial charge in [0, 0.05) is 64.7 Å². The zero-order chi connectivity index (χ0) is 29.9. The van der Waals surface area contributed by atoms with Crippen LogP contribution in [0.5, 0.6) is 0 Å². The van der Waals surface area contributed by atoms with Crippen LogP contribution in [0.25, 0.3) is 10.9 Å². The van der Waals surface area contributed by atoms with Gasteiger partial charge in [-0.05, 0) is 80.0 Å². The number of aromatic nitrogens is 1. The number of aryl methyl sites for hydroxylation is 2. The van der Waals surface area contributed by atoms with Crippen LogP contribution in [0.1, 0.15) is 48.8 Å². The monoisotopic (exact) mass is 587 g/mol. The van der Waals surface area contributed by atoms with Crippen molar-refractivity contribution >= 4 is 16.8 Å². The largest absolute Gasteiger partial charge is 0.385 e. The van der Waals surface area contributed by atoms with Crippen molar-refractivity contribution in [2.45, 2.75) is 63.3 Å². The standard InChI is InChI=1S/C32H40F3N3O4/c1-41-15-3-5-21-6-10-27(34)29-22(19-37(30(21)29)14-4-16-42-2)20-38(24-8-9-24)31(39)25-18-36-13-12-32(25,40)23-7-11-26(33)28(35)17-23/h6-7,10-11,17,19,24-25,36,40H,3-5,8-9,12-16,18,20H2,1-2H3/t25-,32+/m1/s1. The number of piperidine rings is 1. The van der Waals surface area contributed by atoms with Crippen LogP contribution < -0.4 is 5.32 Å². The molecule has 0 spiro atoms. The lowest BCUT2D eigenvalue weighted by Crippen LogP contribution is -2.55. The van der Waals surface area contributed by atoms with E-state index in [1.54, 1.807) is 19.1 Å². The number of halogens is 3. The Hall–Kier alpha value is -2.92. The fourth-order valence-electron chi connectivity index (χ4n) is 6.27. The van der Waals surface area contributed by atoms with E-state index in [9.17, 15) is 18.7 Å². The Morgan fingerprint density at radius 2 is 1.79 bits per heavy atom. The highest BCUT2D eigenvalue weighted by Crippen LogP contribution is 2.40. The van der Waals surface area contributed by atoms with Crippen LogP contribution in [-0.4, -0.2) is 67.0 Å². The lowest BCUT2D eigenvalue weighted by atomic mass is 9.75. The maximum atomic E-state index is 15.6. The van der Waals surface area contributed by atoms with Crippen molar-refractivity contribution in [3.05, 3.63) is 70.7 Å². The number of hydrogen-bond acceptors (Lipinski definition) is 5. The third-order valence-electron chi connectivity index (χ3n) is 8.61. The zero-order valence-electron chi connectivity index (χ0n) is 24.3. The van der Waals surface area contributed by atoms with Crippen molar-refractivity contribution in [2.75, 3.05) is 40.5 Å². The summed E-state index contributed by atoms with van der Waals surface area (Å²) in [5.74, 6) is -3.62. The SMILES string of the molecule is COCCCc1ccc(F)c2c(CN(C(=O)[C@H]3CNCC[C@]3(O)c3ccc(F)c(F)c3)C3CC3)cn(CCCOC)c12. The lowest BCUT2D eigenvalue weighted by Gasteiger charge is -2.42. The predicted octanol–water partition coefficient (Wildman–Crippen LogP) is 4.66. The summed E-state index contributed by atoms with van der Waals surface area (Å²) in [4.78, 5) is 16.0. The number of methoxy groups -OCH3 is 2. The third-order valence-corrected chi connectivity index (χ3v) is 8.61. The first-order valence-electron chi connectivity index (χ1n) is 14.7. The van der Waals surface area contributed by atoms with Gasteiger partial charge in [-0.1, -0.05) is 12.1 Å². The third kappa shape index (κ3) is 6.22. The van der Waals surface area contributed by atoms with E-state index in [4.69, 9.17) is 9.47 Å². The summed E-state index contributed by atoms with van der Waals surface area (Å²) in [6.07, 6.45) is 5.99. The lowest BCUT2D eigenvalue weighted by molar-refractivity contribution is -0.150. The molecule has 2 N–H and O–H groups in total. The van der Waals surface area contributed by atoms with E-state index in [0.29, 0.717) is 37.3 Å². The number of aliphatic hydroxyl groups is 1. The number of fused-ring (bicyclic) bond motifs is 1. The molecule has 1 saturated carbocycles. The number of nitrogens with zero attached hydrogens (tertiary/aromatic N) is 2. The number of carbonyl (C=O) groups is 1. The molecule has 1 aromatic heterocycles. The Labute approximate surface area is 244 Å². The molecule has 42 heavy (non-hydrogen) atoms. The van der Waals surface area contributed by atoms with Crippen molar-refractivity contribution < 1.29 is 32.5 Å². The molecule has 7 nitrogen and oxygen atoms in total. The Morgan fingerprint density at radius 3 is 2.50 bits per heavy atom. The summed E-state index contributed by atoms with van der Waals surface area (Å²) in [5, 5.41) is 15.5. The average Bonchev–Trinajstić information content (AvgIpc) is 3.76. The highest BCUT2D eigenvalue weighted by molar-refractivity contribution is 5.88. The second-order valence-electron chi connectivity index (χ2n) is 11.5. The van der Waals surface area contributed by atoms with Gasteiger partial charge >= 0.3 is 0 Å². The molecule has 2 aromatic carbocycles. The second kappa shape index (κ2) is 13.2. The van der Waals surface area contributed by atoms with Gasteiger partial charge in [0.05, 0.1) is 11.4 Å². The number of amides is 1. The van der Waals surface area contributed by atoms with E-state index in [0.717, 1.165) is 55.3 Å². The normalized spacial score (nSPS) is 20.8. The first kappa shape index (κ1) is 30.5. The van der Waals surface area contributed by atoms with Crippen LogP contribution in [0.3, 0.4) is 0 Å². The minimum absolute atomic E-state index is 0.0338. The van der Waals surface area contributed by atoms with Gasteiger partial charge in [0.15, 0.2) is 11.6 Å². The zero-order valence-corrected chi connectivity index (χ0v) is 24.3. The minimum atomic E-state index is -1.67. The predicted molar refractivity (Wildman–Crippen MR) is 153 cm³/mol. The summed E-state index contributed by atoms with van der Waals surface area (Å²) in [7, 11) is 3.31. The molecular weight excluding hydrogens is 547 g/mol. The van der Waals surface area contributed by atoms with Gasteiger partial charge in [0.1, 0.15) is 11.4 Å². The molecule has 2 heterocycles. The second-order valence-corrected chi connectivity index (χ2v) is 11.5. The van der Waals surface area contributed by atoms with E-state index in [2.05, 4.69) is 9.88 Å². The summed E-state index contributed by atoms with van der Waals surface area (Å²) < 4.78 is 56.0. The molecule has 2 aliphatic rings. The Balaban J connectivity index is 1.50. The van der Waals surface area contributed by atoms with E-state index in [1.165, 1.54) is 12.1 Å². The Morgan fingerprint density at radius 1 is 1.05 bits per heavy atom. The molecule has 10 heteroatoms. The smallest absolute Gasteiger partial charge is 0.230 e. The highest BCUT2D eigenvalue weighted by Gasteiger charge is 2.48. The molecule has 2 atom stereocenters. The van der Waals surface area contributed by atoms with Crippen LogP contribution in [0, 0.1) is 23.4 Å². The fourth-order valence-corrected chi connectivity index (χ4v) is 6.27. The number of ether oxygens (including phenoxy) is 2. The summed E-state index contributed by atoms with van der Waals surface area (Å²) >= 11 is 0. The summed E-state index contributed by atoms with van der Waals surface area (Å²) in [6, 6.07) is 6.59. The van der Waals surface area contributed by atoms with E-state index < -0.39 is 23.2 Å². The molecule has 0 unspecified atom stereocenters. The molecule has 228 valence electrons. The minimum Gasteiger partial charge on any atom is -0.385 e. The van der Waals surface area contributed by atoms with Gasteiger partial charge in [-0.2, -0.15) is 0 Å². The number of rotatable bonds is 13. The van der Waals surface area contributed by atoms with E-state index in [-0.39, 0.29) is 42.8 Å². The molecule has 0 radical (unpaired) electrons. The van der Waals surface area contributed by atoms with Gasteiger partial charge in [-0.15, -0.1) is 0 Å². The molecular formula is C32H40F3N3O4. The Bertz CT molecular complexity index is 1410. The van der Waals surface area contributed by atoms with Crippen LogP contribution >= 0.6 is 0 Å².